The van der Waals surface area contributed by atoms with E-state index in [0.717, 1.165) is 24.2 Å². The molecule has 26 heavy (non-hydrogen) atoms. The molecule has 0 radical (unpaired) electrons. The molecule has 4 rings (SSSR count). The topological polar surface area (TPSA) is 39.5 Å². The van der Waals surface area contributed by atoms with Crippen LogP contribution in [0.1, 0.15) is 46.2 Å². The fraction of sp³-hybridized carbons (Fsp3) is 0.650. The van der Waals surface area contributed by atoms with Gasteiger partial charge in [-0.1, -0.05) is 12.1 Å². The molecule has 1 aromatic heterocycles. The third kappa shape index (κ3) is 3.08. The minimum absolute atomic E-state index is 0.321. The van der Waals surface area contributed by atoms with Gasteiger partial charge in [0, 0.05) is 11.9 Å². The van der Waals surface area contributed by atoms with E-state index >= 15 is 0 Å². The van der Waals surface area contributed by atoms with E-state index in [1.54, 1.807) is 0 Å². The quantitative estimate of drug-likeness (QED) is 0.791. The number of benzene rings is 1. The number of hydrogen-bond acceptors (Lipinski definition) is 4. The second kappa shape index (κ2) is 6.36. The molecule has 2 saturated heterocycles. The molecule has 3 heterocycles. The zero-order valence-corrected chi connectivity index (χ0v) is 16.7. The Morgan fingerprint density at radius 1 is 1.04 bits per heavy atom. The summed E-state index contributed by atoms with van der Waals surface area (Å²) in [6.45, 7) is 14.9. The van der Waals surface area contributed by atoms with E-state index in [1.165, 1.54) is 36.8 Å². The van der Waals surface area contributed by atoms with Crippen molar-refractivity contribution in [1.29, 1.82) is 0 Å². The minimum atomic E-state index is -0.327. The first kappa shape index (κ1) is 18.0. The maximum atomic E-state index is 6.23. The molecule has 2 aliphatic heterocycles. The van der Waals surface area contributed by atoms with Gasteiger partial charge in [0.2, 0.25) is 0 Å². The maximum absolute atomic E-state index is 6.23. The van der Waals surface area contributed by atoms with Crippen LogP contribution in [-0.4, -0.2) is 52.6 Å². The third-order valence-electron chi connectivity index (χ3n) is 6.31. The number of nitrogens with zero attached hydrogens (tertiary/aromatic N) is 3. The van der Waals surface area contributed by atoms with Crippen LogP contribution >= 0.6 is 0 Å². The molecule has 1 aromatic carbocycles. The van der Waals surface area contributed by atoms with Crippen molar-refractivity contribution in [3.63, 3.8) is 0 Å². The fourth-order valence-corrected chi connectivity index (χ4v) is 3.90. The van der Waals surface area contributed by atoms with E-state index in [9.17, 15) is 0 Å². The number of aryl methyl sites for hydroxylation is 1. The lowest BCUT2D eigenvalue weighted by Gasteiger charge is -2.32. The van der Waals surface area contributed by atoms with Crippen LogP contribution in [0.2, 0.25) is 0 Å². The highest BCUT2D eigenvalue weighted by atomic mass is 16.7. The van der Waals surface area contributed by atoms with Crippen molar-refractivity contribution >= 4 is 23.5 Å². The number of hydrogen-bond donors (Lipinski definition) is 0. The summed E-state index contributed by atoms with van der Waals surface area (Å²) in [4.78, 5) is 2.53. The van der Waals surface area contributed by atoms with Crippen molar-refractivity contribution in [2.45, 2.75) is 65.2 Å². The summed E-state index contributed by atoms with van der Waals surface area (Å²) in [6, 6.07) is 6.47. The summed E-state index contributed by atoms with van der Waals surface area (Å²) in [5, 5.41) is 6.00. The molecule has 0 bridgehead atoms. The van der Waals surface area contributed by atoms with Crippen LogP contribution in [-0.2, 0) is 15.9 Å². The van der Waals surface area contributed by atoms with Crippen LogP contribution in [0.5, 0.6) is 0 Å². The van der Waals surface area contributed by atoms with E-state index in [0.29, 0.717) is 0 Å². The summed E-state index contributed by atoms with van der Waals surface area (Å²) >= 11 is 0. The molecule has 0 atom stereocenters. The van der Waals surface area contributed by atoms with Crippen LogP contribution in [0, 0.1) is 6.92 Å². The van der Waals surface area contributed by atoms with Gasteiger partial charge in [-0.2, -0.15) is 5.10 Å². The summed E-state index contributed by atoms with van der Waals surface area (Å²) in [5.41, 5.74) is 2.69. The molecule has 2 fully saturated rings. The number of aromatic nitrogens is 2. The van der Waals surface area contributed by atoms with Crippen LogP contribution in [0.3, 0.4) is 0 Å². The monoisotopic (exact) mass is 355 g/mol. The highest BCUT2D eigenvalue weighted by molar-refractivity contribution is 6.62. The first-order chi connectivity index (χ1) is 12.3. The smallest absolute Gasteiger partial charge is 0.399 e. The summed E-state index contributed by atoms with van der Waals surface area (Å²) in [5.74, 6) is 0. The van der Waals surface area contributed by atoms with Crippen LogP contribution in [0.4, 0.5) is 0 Å². The first-order valence-corrected chi connectivity index (χ1v) is 9.82. The predicted molar refractivity (Wildman–Crippen MR) is 106 cm³/mol. The lowest BCUT2D eigenvalue weighted by Crippen LogP contribution is -2.41. The number of fused-ring (bicyclic) bond motifs is 1. The van der Waals surface area contributed by atoms with Gasteiger partial charge >= 0.3 is 7.12 Å². The molecular weight excluding hydrogens is 325 g/mol. The fourth-order valence-electron chi connectivity index (χ4n) is 3.90. The highest BCUT2D eigenvalue weighted by Gasteiger charge is 2.51. The zero-order chi connectivity index (χ0) is 18.5. The Labute approximate surface area is 156 Å². The average molecular weight is 355 g/mol. The Morgan fingerprint density at radius 2 is 1.69 bits per heavy atom. The van der Waals surface area contributed by atoms with Crippen LogP contribution < -0.4 is 5.46 Å². The minimum Gasteiger partial charge on any atom is -0.399 e. The van der Waals surface area contributed by atoms with Gasteiger partial charge in [-0.15, -0.1) is 0 Å². The zero-order valence-electron chi connectivity index (χ0n) is 16.7. The Hall–Kier alpha value is -1.37. The van der Waals surface area contributed by atoms with Gasteiger partial charge in [0.15, 0.2) is 0 Å². The second-order valence-corrected chi connectivity index (χ2v) is 8.72. The van der Waals surface area contributed by atoms with Crippen molar-refractivity contribution in [3.05, 3.63) is 23.9 Å². The summed E-state index contributed by atoms with van der Waals surface area (Å²) in [7, 11) is -0.327. The van der Waals surface area contributed by atoms with Gasteiger partial charge in [0.25, 0.3) is 0 Å². The highest BCUT2D eigenvalue weighted by Crippen LogP contribution is 2.36. The molecule has 2 aliphatic rings. The molecule has 5 nitrogen and oxygen atoms in total. The van der Waals surface area contributed by atoms with Gasteiger partial charge in [0.1, 0.15) is 0 Å². The van der Waals surface area contributed by atoms with E-state index in [4.69, 9.17) is 14.4 Å². The molecule has 0 amide bonds. The Bertz CT molecular complexity index is 793. The van der Waals surface area contributed by atoms with Crippen molar-refractivity contribution < 1.29 is 9.31 Å². The van der Waals surface area contributed by atoms with Crippen LogP contribution in [0.25, 0.3) is 10.9 Å². The molecule has 6 heteroatoms. The van der Waals surface area contributed by atoms with Crippen molar-refractivity contribution in [3.8, 4) is 0 Å². The predicted octanol–water partition coefficient (Wildman–Crippen LogP) is 2.74. The maximum Gasteiger partial charge on any atom is 0.494 e. The van der Waals surface area contributed by atoms with Crippen molar-refractivity contribution in [1.82, 2.24) is 14.7 Å². The van der Waals surface area contributed by atoms with Gasteiger partial charge in [0.05, 0.1) is 29.0 Å². The molecular formula is C20H30BN3O2. The van der Waals surface area contributed by atoms with Crippen LogP contribution in [0.15, 0.2) is 18.2 Å². The first-order valence-electron chi connectivity index (χ1n) is 9.82. The normalized spacial score (nSPS) is 22.6. The Morgan fingerprint density at radius 3 is 2.35 bits per heavy atom. The van der Waals surface area contributed by atoms with Crippen molar-refractivity contribution in [2.75, 3.05) is 19.6 Å². The average Bonchev–Trinajstić information content (AvgIpc) is 3.24. The van der Waals surface area contributed by atoms with E-state index in [1.807, 2.05) is 0 Å². The molecule has 0 saturated carbocycles. The standard InChI is InChI=1S/C20H30BN3O2/c1-15-17-9-8-16(21-25-19(2,3)20(4,5)26-21)14-18(17)24(22-15)13-12-23-10-6-7-11-23/h8-9,14H,6-7,10-13H2,1-5H3. The Kier molecular flexibility index (Phi) is 4.41. The molecule has 0 spiro atoms. The molecule has 0 unspecified atom stereocenters. The van der Waals surface area contributed by atoms with Gasteiger partial charge in [-0.25, -0.2) is 0 Å². The SMILES string of the molecule is Cc1nn(CCN2CCCC2)c2cc(B3OC(C)(C)C(C)(C)O3)ccc12. The summed E-state index contributed by atoms with van der Waals surface area (Å²) in [6.07, 6.45) is 2.65. The Balaban J connectivity index is 1.61. The van der Waals surface area contributed by atoms with Crippen molar-refractivity contribution in [2.24, 2.45) is 0 Å². The van der Waals surface area contributed by atoms with Gasteiger partial charge in [-0.05, 0) is 72.1 Å². The lowest BCUT2D eigenvalue weighted by molar-refractivity contribution is 0.00578. The molecule has 2 aromatic rings. The van der Waals surface area contributed by atoms with E-state index in [2.05, 4.69) is 62.4 Å². The molecule has 140 valence electrons. The van der Waals surface area contributed by atoms with E-state index in [-0.39, 0.29) is 18.3 Å². The molecule has 0 aliphatic carbocycles. The number of rotatable bonds is 4. The number of likely N-dealkylation sites (tertiary alicyclic amines) is 1. The van der Waals surface area contributed by atoms with Gasteiger partial charge < -0.3 is 14.2 Å². The second-order valence-electron chi connectivity index (χ2n) is 8.72. The largest absolute Gasteiger partial charge is 0.494 e. The third-order valence-corrected chi connectivity index (χ3v) is 6.31. The summed E-state index contributed by atoms with van der Waals surface area (Å²) < 4.78 is 14.6. The van der Waals surface area contributed by atoms with E-state index < -0.39 is 0 Å². The lowest BCUT2D eigenvalue weighted by atomic mass is 9.79. The van der Waals surface area contributed by atoms with Gasteiger partial charge in [-0.3, -0.25) is 4.68 Å². The molecule has 0 N–H and O–H groups in total.